The standard InChI is InChI=1S/C19H18ClN3O4/c1-10(24)22-14-7-12(20)9-23(18(14)26)16-13-6-11(8-21)4-5-15(13)27-19(2,3)17(16)25/h4-7,9,16-17,25H,1-3H3,(H,22,24). The summed E-state index contributed by atoms with van der Waals surface area (Å²) in [6, 6.07) is 7.36. The van der Waals surface area contributed by atoms with Crippen LogP contribution in [0.15, 0.2) is 35.3 Å². The second-order valence-corrected chi connectivity index (χ2v) is 7.36. The van der Waals surface area contributed by atoms with Gasteiger partial charge in [0.2, 0.25) is 5.91 Å². The minimum atomic E-state index is -1.11. The van der Waals surface area contributed by atoms with Crippen molar-refractivity contribution in [1.29, 1.82) is 5.26 Å². The van der Waals surface area contributed by atoms with Crippen LogP contribution in [0.25, 0.3) is 0 Å². The highest BCUT2D eigenvalue weighted by atomic mass is 35.5. The number of amides is 1. The van der Waals surface area contributed by atoms with Gasteiger partial charge in [0.15, 0.2) is 0 Å². The van der Waals surface area contributed by atoms with Gasteiger partial charge in [0.25, 0.3) is 5.56 Å². The molecule has 3 rings (SSSR count). The van der Waals surface area contributed by atoms with E-state index in [0.717, 1.165) is 0 Å². The second kappa shape index (κ2) is 6.72. The summed E-state index contributed by atoms with van der Waals surface area (Å²) in [4.78, 5) is 24.4. The first-order chi connectivity index (χ1) is 12.6. The largest absolute Gasteiger partial charge is 0.485 e. The highest BCUT2D eigenvalue weighted by Gasteiger charge is 2.44. The maximum atomic E-state index is 12.9. The van der Waals surface area contributed by atoms with Crippen molar-refractivity contribution in [2.45, 2.75) is 38.5 Å². The zero-order chi connectivity index (χ0) is 19.9. The molecule has 2 unspecified atom stereocenters. The fraction of sp³-hybridized carbons (Fsp3) is 0.316. The number of aromatic nitrogens is 1. The number of benzene rings is 1. The quantitative estimate of drug-likeness (QED) is 0.823. The number of rotatable bonds is 2. The molecule has 0 saturated carbocycles. The van der Waals surface area contributed by atoms with Crippen LogP contribution in [-0.4, -0.2) is 27.3 Å². The summed E-state index contributed by atoms with van der Waals surface area (Å²) in [6.45, 7) is 4.69. The second-order valence-electron chi connectivity index (χ2n) is 6.93. The number of nitrogens with one attached hydrogen (secondary N) is 1. The maximum Gasteiger partial charge on any atom is 0.275 e. The van der Waals surface area contributed by atoms with E-state index in [1.807, 2.05) is 6.07 Å². The number of fused-ring (bicyclic) bond motifs is 1. The number of carbonyl (C=O) groups is 1. The summed E-state index contributed by atoms with van der Waals surface area (Å²) in [6.07, 6.45) is 0.285. The van der Waals surface area contributed by atoms with Crippen LogP contribution in [0.4, 0.5) is 5.69 Å². The topological polar surface area (TPSA) is 104 Å². The van der Waals surface area contributed by atoms with Gasteiger partial charge in [-0.1, -0.05) is 11.6 Å². The molecular formula is C19H18ClN3O4. The van der Waals surface area contributed by atoms with Gasteiger partial charge < -0.3 is 19.7 Å². The molecule has 140 valence electrons. The van der Waals surface area contributed by atoms with E-state index in [0.29, 0.717) is 16.9 Å². The normalized spacial score (nSPS) is 20.1. The molecule has 1 aromatic heterocycles. The number of nitriles is 1. The van der Waals surface area contributed by atoms with Gasteiger partial charge in [-0.2, -0.15) is 5.26 Å². The summed E-state index contributed by atoms with van der Waals surface area (Å²) < 4.78 is 7.14. The van der Waals surface area contributed by atoms with Gasteiger partial charge in [-0.25, -0.2) is 0 Å². The number of anilines is 1. The van der Waals surface area contributed by atoms with Gasteiger partial charge in [-0.3, -0.25) is 9.59 Å². The molecule has 2 N–H and O–H groups in total. The number of pyridine rings is 1. The molecule has 0 saturated heterocycles. The molecule has 0 fully saturated rings. The fourth-order valence-corrected chi connectivity index (χ4v) is 3.41. The van der Waals surface area contributed by atoms with E-state index in [2.05, 4.69) is 5.32 Å². The first-order valence-electron chi connectivity index (χ1n) is 8.24. The minimum Gasteiger partial charge on any atom is -0.485 e. The molecule has 0 radical (unpaired) electrons. The van der Waals surface area contributed by atoms with Crippen LogP contribution in [-0.2, 0) is 4.79 Å². The summed E-state index contributed by atoms with van der Waals surface area (Å²) >= 11 is 6.15. The Kier molecular flexibility index (Phi) is 4.72. The van der Waals surface area contributed by atoms with Crippen molar-refractivity contribution in [3.63, 3.8) is 0 Å². The Labute approximate surface area is 160 Å². The first kappa shape index (κ1) is 19.0. The van der Waals surface area contributed by atoms with E-state index in [1.54, 1.807) is 32.0 Å². The highest BCUT2D eigenvalue weighted by molar-refractivity contribution is 6.30. The van der Waals surface area contributed by atoms with Crippen molar-refractivity contribution in [3.8, 4) is 11.8 Å². The number of nitrogens with zero attached hydrogens (tertiary/aromatic N) is 2. The maximum absolute atomic E-state index is 12.9. The lowest BCUT2D eigenvalue weighted by atomic mass is 9.85. The number of halogens is 1. The third-order valence-electron chi connectivity index (χ3n) is 4.46. The lowest BCUT2D eigenvalue weighted by Crippen LogP contribution is -2.52. The number of ether oxygens (including phenoxy) is 1. The SMILES string of the molecule is CC(=O)Nc1cc(Cl)cn(C2c3cc(C#N)ccc3OC(C)(C)C2O)c1=O. The molecule has 7 nitrogen and oxygen atoms in total. The van der Waals surface area contributed by atoms with E-state index in [9.17, 15) is 20.0 Å². The van der Waals surface area contributed by atoms with E-state index in [1.165, 1.54) is 23.8 Å². The van der Waals surface area contributed by atoms with Gasteiger partial charge in [-0.15, -0.1) is 0 Å². The van der Waals surface area contributed by atoms with E-state index < -0.39 is 29.2 Å². The molecule has 2 atom stereocenters. The zero-order valence-corrected chi connectivity index (χ0v) is 15.7. The summed E-state index contributed by atoms with van der Waals surface area (Å²) in [7, 11) is 0. The molecule has 0 aliphatic carbocycles. The fourth-order valence-electron chi connectivity index (χ4n) is 3.19. The van der Waals surface area contributed by atoms with Crippen molar-refractivity contribution in [1.82, 2.24) is 4.57 Å². The van der Waals surface area contributed by atoms with E-state index >= 15 is 0 Å². The van der Waals surface area contributed by atoms with Crippen molar-refractivity contribution >= 4 is 23.2 Å². The van der Waals surface area contributed by atoms with Crippen LogP contribution in [0, 0.1) is 11.3 Å². The Morgan fingerprint density at radius 3 is 2.74 bits per heavy atom. The average Bonchev–Trinajstić information content (AvgIpc) is 2.58. The van der Waals surface area contributed by atoms with Crippen LogP contribution in [0.3, 0.4) is 0 Å². The predicted molar refractivity (Wildman–Crippen MR) is 100 cm³/mol. The minimum absolute atomic E-state index is 0.00415. The average molecular weight is 388 g/mol. The molecule has 27 heavy (non-hydrogen) atoms. The molecule has 1 aliphatic heterocycles. The van der Waals surface area contributed by atoms with Crippen LogP contribution in [0.1, 0.15) is 37.9 Å². The molecule has 8 heteroatoms. The van der Waals surface area contributed by atoms with Gasteiger partial charge in [0, 0.05) is 18.7 Å². The Bertz CT molecular complexity index is 1020. The third-order valence-corrected chi connectivity index (χ3v) is 4.67. The van der Waals surface area contributed by atoms with Crippen LogP contribution >= 0.6 is 11.6 Å². The van der Waals surface area contributed by atoms with Crippen molar-refractivity contribution < 1.29 is 14.6 Å². The lowest BCUT2D eigenvalue weighted by molar-refractivity contribution is -0.114. The van der Waals surface area contributed by atoms with Crippen LogP contribution in [0.2, 0.25) is 5.02 Å². The number of hydrogen-bond acceptors (Lipinski definition) is 5. The Morgan fingerprint density at radius 2 is 2.11 bits per heavy atom. The molecule has 1 aliphatic rings. The molecular weight excluding hydrogens is 370 g/mol. The van der Waals surface area contributed by atoms with E-state index in [-0.39, 0.29) is 10.7 Å². The van der Waals surface area contributed by atoms with Crippen molar-refractivity contribution in [3.05, 3.63) is 57.0 Å². The van der Waals surface area contributed by atoms with Gasteiger partial charge in [0.1, 0.15) is 23.1 Å². The van der Waals surface area contributed by atoms with Gasteiger partial charge in [-0.05, 0) is 38.1 Å². The number of aliphatic hydroxyl groups excluding tert-OH is 1. The number of hydrogen-bond donors (Lipinski definition) is 2. The zero-order valence-electron chi connectivity index (χ0n) is 15.0. The van der Waals surface area contributed by atoms with Crippen molar-refractivity contribution in [2.24, 2.45) is 0 Å². The van der Waals surface area contributed by atoms with Gasteiger partial charge >= 0.3 is 0 Å². The third kappa shape index (κ3) is 3.42. The number of carbonyl (C=O) groups excluding carboxylic acids is 1. The Balaban J connectivity index is 2.27. The molecule has 2 aromatic rings. The monoisotopic (exact) mass is 387 g/mol. The summed E-state index contributed by atoms with van der Waals surface area (Å²) in [5.74, 6) is 0.0446. The summed E-state index contributed by atoms with van der Waals surface area (Å²) in [5.41, 5.74) is -0.665. The Hall–Kier alpha value is -2.82. The molecule has 2 heterocycles. The lowest BCUT2D eigenvalue weighted by Gasteiger charge is -2.42. The number of aliphatic hydroxyl groups is 1. The predicted octanol–water partition coefficient (Wildman–Crippen LogP) is 2.45. The Morgan fingerprint density at radius 1 is 1.41 bits per heavy atom. The molecule has 0 bridgehead atoms. The molecule has 0 spiro atoms. The highest BCUT2D eigenvalue weighted by Crippen LogP contribution is 2.42. The molecule has 1 aromatic carbocycles. The van der Waals surface area contributed by atoms with Crippen LogP contribution in [0.5, 0.6) is 5.75 Å². The summed E-state index contributed by atoms with van der Waals surface area (Å²) in [5, 5.41) is 22.8. The smallest absolute Gasteiger partial charge is 0.275 e. The first-order valence-corrected chi connectivity index (χ1v) is 8.62. The van der Waals surface area contributed by atoms with Crippen LogP contribution < -0.4 is 15.6 Å². The van der Waals surface area contributed by atoms with E-state index in [4.69, 9.17) is 16.3 Å². The van der Waals surface area contributed by atoms with Gasteiger partial charge in [0.05, 0.1) is 22.7 Å². The van der Waals surface area contributed by atoms with Crippen molar-refractivity contribution in [2.75, 3.05) is 5.32 Å². The molecule has 1 amide bonds.